The Labute approximate surface area is 115 Å². The number of fused-ring (bicyclic) bond motifs is 1. The first-order valence-corrected chi connectivity index (χ1v) is 7.50. The summed E-state index contributed by atoms with van der Waals surface area (Å²) in [4.78, 5) is 13.9. The minimum absolute atomic E-state index is 0.127. The van der Waals surface area contributed by atoms with Gasteiger partial charge in [-0.05, 0) is 25.8 Å². The Morgan fingerprint density at radius 3 is 3.21 bits per heavy atom. The van der Waals surface area contributed by atoms with E-state index < -0.39 is 6.10 Å². The molecule has 5 heteroatoms. The van der Waals surface area contributed by atoms with Crippen LogP contribution in [0.4, 0.5) is 0 Å². The topological polar surface area (TPSA) is 61.8 Å². The minimum Gasteiger partial charge on any atom is -0.389 e. The van der Waals surface area contributed by atoms with E-state index in [4.69, 9.17) is 4.74 Å². The summed E-state index contributed by atoms with van der Waals surface area (Å²) in [5.74, 6) is 0.311. The average Bonchev–Trinajstić information content (AvgIpc) is 2.78. The first-order valence-electron chi connectivity index (χ1n) is 7.50. The summed E-state index contributed by atoms with van der Waals surface area (Å²) in [5, 5.41) is 12.9. The van der Waals surface area contributed by atoms with Crippen LogP contribution in [0.3, 0.4) is 0 Å². The van der Waals surface area contributed by atoms with Gasteiger partial charge in [-0.15, -0.1) is 0 Å². The van der Waals surface area contributed by atoms with Crippen molar-refractivity contribution in [1.29, 1.82) is 0 Å². The number of β-amino-alcohol motifs (C(OH)–C–C–N with tert-alkyl or cyclic N) is 1. The molecule has 0 radical (unpaired) electrons. The summed E-state index contributed by atoms with van der Waals surface area (Å²) in [5.41, 5.74) is 0. The second kappa shape index (κ2) is 7.22. The van der Waals surface area contributed by atoms with Gasteiger partial charge in [0.15, 0.2) is 0 Å². The van der Waals surface area contributed by atoms with E-state index in [-0.39, 0.29) is 17.9 Å². The zero-order chi connectivity index (χ0) is 13.7. The van der Waals surface area contributed by atoms with Crippen LogP contribution in [0.15, 0.2) is 0 Å². The number of rotatable bonds is 7. The Hall–Kier alpha value is -0.650. The third-order valence-electron chi connectivity index (χ3n) is 4.11. The van der Waals surface area contributed by atoms with E-state index in [1.165, 1.54) is 0 Å². The van der Waals surface area contributed by atoms with E-state index in [1.807, 2.05) is 0 Å². The zero-order valence-electron chi connectivity index (χ0n) is 11.8. The number of hydrogen-bond acceptors (Lipinski definition) is 4. The van der Waals surface area contributed by atoms with E-state index in [0.29, 0.717) is 13.2 Å². The van der Waals surface area contributed by atoms with E-state index in [0.717, 1.165) is 45.4 Å². The molecule has 0 aromatic carbocycles. The molecule has 2 aliphatic rings. The number of nitrogens with one attached hydrogen (secondary N) is 1. The summed E-state index contributed by atoms with van der Waals surface area (Å²) in [6.45, 7) is 5.56. The van der Waals surface area contributed by atoms with Crippen LogP contribution in [0.5, 0.6) is 0 Å². The summed E-state index contributed by atoms with van der Waals surface area (Å²) in [6.07, 6.45) is 3.72. The molecule has 2 aliphatic heterocycles. The number of carbonyl (C=O) groups is 1. The van der Waals surface area contributed by atoms with Crippen molar-refractivity contribution in [1.82, 2.24) is 10.2 Å². The van der Waals surface area contributed by atoms with Gasteiger partial charge in [0.25, 0.3) is 0 Å². The minimum atomic E-state index is -0.452. The zero-order valence-corrected chi connectivity index (χ0v) is 11.8. The van der Waals surface area contributed by atoms with Gasteiger partial charge in [0.2, 0.25) is 5.91 Å². The van der Waals surface area contributed by atoms with Gasteiger partial charge in [-0.3, -0.25) is 9.69 Å². The molecule has 2 fully saturated rings. The molecule has 0 saturated carbocycles. The van der Waals surface area contributed by atoms with Crippen LogP contribution in [-0.2, 0) is 9.53 Å². The van der Waals surface area contributed by atoms with Crippen molar-refractivity contribution in [3.63, 3.8) is 0 Å². The van der Waals surface area contributed by atoms with Crippen molar-refractivity contribution in [2.45, 2.75) is 44.8 Å². The Morgan fingerprint density at radius 2 is 2.42 bits per heavy atom. The van der Waals surface area contributed by atoms with Gasteiger partial charge < -0.3 is 15.2 Å². The number of likely N-dealkylation sites (tertiary alicyclic amines) is 1. The molecule has 2 N–H and O–H groups in total. The number of aliphatic hydroxyl groups is 1. The molecule has 0 aromatic heterocycles. The van der Waals surface area contributed by atoms with Crippen molar-refractivity contribution in [3.05, 3.63) is 0 Å². The van der Waals surface area contributed by atoms with Gasteiger partial charge in [0.05, 0.1) is 18.6 Å². The standard InChI is InChI=1S/C14H26N2O3/c1-2-3-7-19-10-11(17)9-16-6-4-5-12-13(16)8-15-14(12)18/h11-13,17H,2-10H2,1H3,(H,15,18). The Balaban J connectivity index is 1.73. The lowest BCUT2D eigenvalue weighted by Gasteiger charge is -2.36. The molecule has 2 rings (SSSR count). The van der Waals surface area contributed by atoms with Crippen LogP contribution in [0.25, 0.3) is 0 Å². The molecule has 2 saturated heterocycles. The van der Waals surface area contributed by atoms with Crippen LogP contribution in [0.1, 0.15) is 32.6 Å². The van der Waals surface area contributed by atoms with Gasteiger partial charge >= 0.3 is 0 Å². The maximum atomic E-state index is 11.7. The van der Waals surface area contributed by atoms with Crippen molar-refractivity contribution in [2.24, 2.45) is 5.92 Å². The van der Waals surface area contributed by atoms with Gasteiger partial charge in [0.1, 0.15) is 0 Å². The molecular formula is C14H26N2O3. The highest BCUT2D eigenvalue weighted by Crippen LogP contribution is 2.27. The van der Waals surface area contributed by atoms with Crippen LogP contribution in [-0.4, -0.2) is 60.9 Å². The first-order chi connectivity index (χ1) is 9.22. The highest BCUT2D eigenvalue weighted by atomic mass is 16.5. The van der Waals surface area contributed by atoms with Crippen molar-refractivity contribution >= 4 is 5.91 Å². The SMILES string of the molecule is CCCCOCC(O)CN1CCCC2C(=O)NCC21. The van der Waals surface area contributed by atoms with E-state index in [1.54, 1.807) is 0 Å². The molecule has 1 amide bonds. The van der Waals surface area contributed by atoms with Gasteiger partial charge in [-0.2, -0.15) is 0 Å². The predicted octanol–water partition coefficient (Wildman–Crippen LogP) is 0.374. The normalized spacial score (nSPS) is 29.1. The third-order valence-corrected chi connectivity index (χ3v) is 4.11. The maximum Gasteiger partial charge on any atom is 0.224 e. The molecule has 0 aliphatic carbocycles. The number of piperidine rings is 1. The molecule has 19 heavy (non-hydrogen) atoms. The lowest BCUT2D eigenvalue weighted by atomic mass is 9.91. The fraction of sp³-hybridized carbons (Fsp3) is 0.929. The molecule has 110 valence electrons. The van der Waals surface area contributed by atoms with E-state index in [9.17, 15) is 9.90 Å². The number of amides is 1. The van der Waals surface area contributed by atoms with Crippen molar-refractivity contribution in [3.8, 4) is 0 Å². The van der Waals surface area contributed by atoms with Crippen LogP contribution < -0.4 is 5.32 Å². The number of ether oxygens (including phenoxy) is 1. The Kier molecular flexibility index (Phi) is 5.60. The molecule has 2 heterocycles. The first kappa shape index (κ1) is 14.8. The maximum absolute atomic E-state index is 11.7. The molecular weight excluding hydrogens is 244 g/mol. The quantitative estimate of drug-likeness (QED) is 0.656. The van der Waals surface area contributed by atoms with Crippen molar-refractivity contribution in [2.75, 3.05) is 32.8 Å². The third kappa shape index (κ3) is 3.91. The summed E-state index contributed by atoms with van der Waals surface area (Å²) >= 11 is 0. The summed E-state index contributed by atoms with van der Waals surface area (Å²) < 4.78 is 5.45. The van der Waals surface area contributed by atoms with Crippen molar-refractivity contribution < 1.29 is 14.6 Å². The molecule has 3 atom stereocenters. The van der Waals surface area contributed by atoms with Crippen LogP contribution >= 0.6 is 0 Å². The average molecular weight is 270 g/mol. The fourth-order valence-corrected chi connectivity index (χ4v) is 3.06. The lowest BCUT2D eigenvalue weighted by molar-refractivity contribution is -0.124. The second-order valence-electron chi connectivity index (χ2n) is 5.64. The summed E-state index contributed by atoms with van der Waals surface area (Å²) in [6, 6.07) is 0.270. The fourth-order valence-electron chi connectivity index (χ4n) is 3.06. The highest BCUT2D eigenvalue weighted by molar-refractivity contribution is 5.82. The number of hydrogen-bond donors (Lipinski definition) is 2. The van der Waals surface area contributed by atoms with Gasteiger partial charge in [-0.25, -0.2) is 0 Å². The van der Waals surface area contributed by atoms with Crippen LogP contribution in [0, 0.1) is 5.92 Å². The molecule has 0 aromatic rings. The largest absolute Gasteiger partial charge is 0.389 e. The predicted molar refractivity (Wildman–Crippen MR) is 72.8 cm³/mol. The number of aliphatic hydroxyl groups excluding tert-OH is 1. The molecule has 5 nitrogen and oxygen atoms in total. The Morgan fingerprint density at radius 1 is 1.58 bits per heavy atom. The Bertz CT molecular complexity index is 298. The monoisotopic (exact) mass is 270 g/mol. The highest BCUT2D eigenvalue weighted by Gasteiger charge is 2.40. The van der Waals surface area contributed by atoms with Gasteiger partial charge in [0, 0.05) is 25.7 Å². The van der Waals surface area contributed by atoms with Crippen LogP contribution in [0.2, 0.25) is 0 Å². The number of nitrogens with zero attached hydrogens (tertiary/aromatic N) is 1. The summed E-state index contributed by atoms with van der Waals surface area (Å²) in [7, 11) is 0. The van der Waals surface area contributed by atoms with E-state index in [2.05, 4.69) is 17.1 Å². The molecule has 3 unspecified atom stereocenters. The molecule has 0 spiro atoms. The molecule has 0 bridgehead atoms. The smallest absolute Gasteiger partial charge is 0.224 e. The van der Waals surface area contributed by atoms with E-state index >= 15 is 0 Å². The van der Waals surface area contributed by atoms with Gasteiger partial charge in [-0.1, -0.05) is 13.3 Å². The number of unbranched alkanes of at least 4 members (excludes halogenated alkanes) is 1. The second-order valence-corrected chi connectivity index (χ2v) is 5.64. The lowest BCUT2D eigenvalue weighted by Crippen LogP contribution is -2.49. The number of carbonyl (C=O) groups excluding carboxylic acids is 1.